The topological polar surface area (TPSA) is 71.4 Å². The van der Waals surface area contributed by atoms with Gasteiger partial charge in [0.1, 0.15) is 5.82 Å². The second-order valence-corrected chi connectivity index (χ2v) is 6.40. The number of hydrogen-bond acceptors (Lipinski definition) is 6. The lowest BCUT2D eigenvalue weighted by Crippen LogP contribution is -2.42. The molecule has 0 bridgehead atoms. The maximum absolute atomic E-state index is 13.9. The fourth-order valence-corrected chi connectivity index (χ4v) is 3.13. The molecule has 1 saturated heterocycles. The highest BCUT2D eigenvalue weighted by atomic mass is 19.1. The van der Waals surface area contributed by atoms with E-state index in [1.165, 1.54) is 6.20 Å². The number of ether oxygens (including phenoxy) is 1. The Morgan fingerprint density at radius 3 is 2.60 bits per heavy atom. The number of nitrogens with zero attached hydrogens (tertiary/aromatic N) is 4. The van der Waals surface area contributed by atoms with Crippen molar-refractivity contribution in [2.75, 3.05) is 26.8 Å². The molecule has 0 unspecified atom stereocenters. The highest BCUT2D eigenvalue weighted by Gasteiger charge is 2.36. The molecular formula is C18H23FN4O2. The molecule has 6 nitrogen and oxygen atoms in total. The van der Waals surface area contributed by atoms with Crippen LogP contribution in [0.1, 0.15) is 29.8 Å². The van der Waals surface area contributed by atoms with Gasteiger partial charge in [-0.05, 0) is 18.9 Å². The Balaban J connectivity index is 1.56. The highest BCUT2D eigenvalue weighted by molar-refractivity contribution is 5.20. The Bertz CT molecular complexity index is 688. The van der Waals surface area contributed by atoms with Crippen LogP contribution in [0, 0.1) is 5.95 Å². The van der Waals surface area contributed by atoms with Gasteiger partial charge in [0.05, 0.1) is 12.2 Å². The zero-order valence-electron chi connectivity index (χ0n) is 14.4. The predicted molar refractivity (Wildman–Crippen MR) is 90.2 cm³/mol. The molecule has 2 aromatic rings. The Hall–Kier alpha value is -1.96. The zero-order valence-corrected chi connectivity index (χ0v) is 14.4. The van der Waals surface area contributed by atoms with Crippen molar-refractivity contribution in [1.29, 1.82) is 0 Å². The summed E-state index contributed by atoms with van der Waals surface area (Å²) in [6, 6.07) is 3.27. The maximum atomic E-state index is 13.9. The second kappa shape index (κ2) is 7.95. The summed E-state index contributed by atoms with van der Waals surface area (Å²) in [7, 11) is 1.66. The third-order valence-corrected chi connectivity index (χ3v) is 4.64. The number of rotatable bonds is 6. The molecule has 25 heavy (non-hydrogen) atoms. The number of likely N-dealkylation sites (tertiary alicyclic amines) is 1. The molecule has 3 heterocycles. The molecule has 0 amide bonds. The molecule has 0 spiro atoms. The van der Waals surface area contributed by atoms with Crippen molar-refractivity contribution in [2.45, 2.75) is 31.4 Å². The van der Waals surface area contributed by atoms with Gasteiger partial charge in [-0.2, -0.15) is 4.39 Å². The van der Waals surface area contributed by atoms with E-state index in [0.717, 1.165) is 17.9 Å². The van der Waals surface area contributed by atoms with Crippen LogP contribution in [0.3, 0.4) is 0 Å². The van der Waals surface area contributed by atoms with Crippen LogP contribution >= 0.6 is 0 Å². The molecule has 0 saturated carbocycles. The van der Waals surface area contributed by atoms with Crippen molar-refractivity contribution in [3.63, 3.8) is 0 Å². The molecule has 2 aromatic heterocycles. The third kappa shape index (κ3) is 4.36. The summed E-state index contributed by atoms with van der Waals surface area (Å²) < 4.78 is 18.9. The van der Waals surface area contributed by atoms with Gasteiger partial charge in [-0.3, -0.25) is 4.90 Å². The van der Waals surface area contributed by atoms with Gasteiger partial charge in [0.15, 0.2) is 0 Å². The quantitative estimate of drug-likeness (QED) is 0.803. The SMILES string of the molecule is COCCc1ncc(CN2CCC(O)(c3cccnc3F)CC2)cn1. The summed E-state index contributed by atoms with van der Waals surface area (Å²) in [5.41, 5.74) is 0.176. The largest absolute Gasteiger partial charge is 0.385 e. The van der Waals surface area contributed by atoms with Crippen molar-refractivity contribution in [3.05, 3.63) is 53.6 Å². The molecule has 1 fully saturated rings. The summed E-state index contributed by atoms with van der Waals surface area (Å²) in [6.07, 6.45) is 6.71. The van der Waals surface area contributed by atoms with E-state index < -0.39 is 11.5 Å². The summed E-state index contributed by atoms with van der Waals surface area (Å²) in [6.45, 7) is 2.68. The highest BCUT2D eigenvalue weighted by Crippen LogP contribution is 2.34. The van der Waals surface area contributed by atoms with Gasteiger partial charge < -0.3 is 9.84 Å². The minimum absolute atomic E-state index is 0.292. The van der Waals surface area contributed by atoms with Gasteiger partial charge in [-0.25, -0.2) is 15.0 Å². The smallest absolute Gasteiger partial charge is 0.218 e. The fourth-order valence-electron chi connectivity index (χ4n) is 3.13. The Kier molecular flexibility index (Phi) is 5.67. The standard InChI is InChI=1S/C18H23FN4O2/c1-25-10-4-16-21-11-14(12-22-16)13-23-8-5-18(24,6-9-23)15-3-2-7-20-17(15)19/h2-3,7,11-12,24H,4-6,8-10,13H2,1H3. The first-order chi connectivity index (χ1) is 12.1. The molecule has 3 rings (SSSR count). The summed E-state index contributed by atoms with van der Waals surface area (Å²) in [5, 5.41) is 10.8. The number of piperidine rings is 1. The van der Waals surface area contributed by atoms with Crippen LogP contribution in [-0.2, 0) is 23.3 Å². The van der Waals surface area contributed by atoms with Crippen molar-refractivity contribution in [1.82, 2.24) is 19.9 Å². The van der Waals surface area contributed by atoms with E-state index in [0.29, 0.717) is 44.5 Å². The van der Waals surface area contributed by atoms with Crippen LogP contribution in [0.2, 0.25) is 0 Å². The van der Waals surface area contributed by atoms with E-state index in [4.69, 9.17) is 4.74 Å². The minimum Gasteiger partial charge on any atom is -0.385 e. The first kappa shape index (κ1) is 17.8. The number of hydrogen-bond donors (Lipinski definition) is 1. The number of halogens is 1. The number of aliphatic hydroxyl groups is 1. The van der Waals surface area contributed by atoms with Crippen molar-refractivity contribution in [3.8, 4) is 0 Å². The third-order valence-electron chi connectivity index (χ3n) is 4.64. The van der Waals surface area contributed by atoms with Gasteiger partial charge in [0.2, 0.25) is 5.95 Å². The molecule has 1 aliphatic heterocycles. The average Bonchev–Trinajstić information content (AvgIpc) is 2.63. The van der Waals surface area contributed by atoms with Crippen LogP contribution in [-0.4, -0.2) is 51.8 Å². The van der Waals surface area contributed by atoms with Crippen LogP contribution in [0.5, 0.6) is 0 Å². The molecule has 0 atom stereocenters. The van der Waals surface area contributed by atoms with E-state index in [-0.39, 0.29) is 0 Å². The van der Waals surface area contributed by atoms with Gasteiger partial charge in [-0.1, -0.05) is 6.07 Å². The van der Waals surface area contributed by atoms with Crippen molar-refractivity contribution in [2.24, 2.45) is 0 Å². The lowest BCUT2D eigenvalue weighted by Gasteiger charge is -2.38. The first-order valence-corrected chi connectivity index (χ1v) is 8.45. The lowest BCUT2D eigenvalue weighted by atomic mass is 9.85. The van der Waals surface area contributed by atoms with Crippen molar-refractivity contribution < 1.29 is 14.2 Å². The van der Waals surface area contributed by atoms with E-state index in [1.54, 1.807) is 19.2 Å². The normalized spacial score (nSPS) is 17.6. The van der Waals surface area contributed by atoms with Crippen LogP contribution < -0.4 is 0 Å². The average molecular weight is 346 g/mol. The lowest BCUT2D eigenvalue weighted by molar-refractivity contribution is -0.0308. The molecule has 134 valence electrons. The monoisotopic (exact) mass is 346 g/mol. The molecule has 1 N–H and O–H groups in total. The van der Waals surface area contributed by atoms with Crippen molar-refractivity contribution >= 4 is 0 Å². The second-order valence-electron chi connectivity index (χ2n) is 6.40. The number of aromatic nitrogens is 3. The van der Waals surface area contributed by atoms with E-state index >= 15 is 0 Å². The summed E-state index contributed by atoms with van der Waals surface area (Å²) >= 11 is 0. The van der Waals surface area contributed by atoms with Gasteiger partial charge in [-0.15, -0.1) is 0 Å². The Morgan fingerprint density at radius 1 is 1.24 bits per heavy atom. The zero-order chi connectivity index (χ0) is 17.7. The molecule has 0 radical (unpaired) electrons. The fraction of sp³-hybridized carbons (Fsp3) is 0.500. The van der Waals surface area contributed by atoms with Crippen LogP contribution in [0.4, 0.5) is 4.39 Å². The molecule has 7 heteroatoms. The summed E-state index contributed by atoms with van der Waals surface area (Å²) in [5.74, 6) is 0.184. The van der Waals surface area contributed by atoms with E-state index in [9.17, 15) is 9.50 Å². The van der Waals surface area contributed by atoms with Gasteiger partial charge in [0, 0.05) is 62.9 Å². The molecule has 0 aliphatic carbocycles. The van der Waals surface area contributed by atoms with E-state index in [1.807, 2.05) is 12.4 Å². The Labute approximate surface area is 146 Å². The Morgan fingerprint density at radius 2 is 1.96 bits per heavy atom. The van der Waals surface area contributed by atoms with E-state index in [2.05, 4.69) is 19.9 Å². The van der Waals surface area contributed by atoms with Crippen LogP contribution in [0.25, 0.3) is 0 Å². The molecule has 0 aromatic carbocycles. The predicted octanol–water partition coefficient (Wildman–Crippen LogP) is 1.68. The minimum atomic E-state index is -1.14. The van der Waals surface area contributed by atoms with Gasteiger partial charge in [0.25, 0.3) is 0 Å². The summed E-state index contributed by atoms with van der Waals surface area (Å²) in [4.78, 5) is 14.6. The van der Waals surface area contributed by atoms with Gasteiger partial charge >= 0.3 is 0 Å². The maximum Gasteiger partial charge on any atom is 0.218 e. The molecular weight excluding hydrogens is 323 g/mol. The number of pyridine rings is 1. The van der Waals surface area contributed by atoms with Crippen LogP contribution in [0.15, 0.2) is 30.7 Å². The molecule has 1 aliphatic rings. The number of methoxy groups -OCH3 is 1. The first-order valence-electron chi connectivity index (χ1n) is 8.45.